The summed E-state index contributed by atoms with van der Waals surface area (Å²) in [4.78, 5) is 15.2. The summed E-state index contributed by atoms with van der Waals surface area (Å²) in [5.41, 5.74) is 11.0. The highest BCUT2D eigenvalue weighted by Gasteiger charge is 2.35. The number of carbonyl (C=O) groups excluding carboxylic acids is 1. The van der Waals surface area contributed by atoms with Crippen LogP contribution >= 0.6 is 0 Å². The maximum atomic E-state index is 13.0. The van der Waals surface area contributed by atoms with Gasteiger partial charge in [0.1, 0.15) is 0 Å². The van der Waals surface area contributed by atoms with Gasteiger partial charge in [-0.05, 0) is 36.5 Å². The highest BCUT2D eigenvalue weighted by molar-refractivity contribution is 5.96. The molecule has 1 amide bonds. The standard InChI is InChI=1S/C23H31N3O/c1-4-17-12-9-13-18(5-2)22(17)25-23(27)16(3)26-14-20(21(24)15-26)19-10-7-6-8-11-19/h6-13,16,20-21H,4-5,14-15,24H2,1-3H3,(H,25,27)/t16?,20-,21+/m0/s1. The molecule has 0 radical (unpaired) electrons. The van der Waals surface area contributed by atoms with Gasteiger partial charge in [-0.2, -0.15) is 0 Å². The minimum atomic E-state index is -0.209. The monoisotopic (exact) mass is 365 g/mol. The lowest BCUT2D eigenvalue weighted by molar-refractivity contribution is -0.120. The molecule has 3 N–H and O–H groups in total. The van der Waals surface area contributed by atoms with Gasteiger partial charge in [0, 0.05) is 30.7 Å². The number of para-hydroxylation sites is 1. The van der Waals surface area contributed by atoms with E-state index >= 15 is 0 Å². The molecule has 0 aliphatic carbocycles. The summed E-state index contributed by atoms with van der Waals surface area (Å²) in [6.45, 7) is 7.78. The van der Waals surface area contributed by atoms with Crippen LogP contribution in [0.3, 0.4) is 0 Å². The zero-order chi connectivity index (χ0) is 19.4. The van der Waals surface area contributed by atoms with Crippen LogP contribution in [0.4, 0.5) is 5.69 Å². The second kappa shape index (κ2) is 8.68. The lowest BCUT2D eigenvalue weighted by Gasteiger charge is -2.25. The molecule has 144 valence electrons. The molecule has 4 nitrogen and oxygen atoms in total. The van der Waals surface area contributed by atoms with Gasteiger partial charge >= 0.3 is 0 Å². The van der Waals surface area contributed by atoms with Crippen LogP contribution in [0.1, 0.15) is 43.4 Å². The molecule has 1 heterocycles. The first kappa shape index (κ1) is 19.6. The Balaban J connectivity index is 1.72. The van der Waals surface area contributed by atoms with Gasteiger partial charge in [-0.15, -0.1) is 0 Å². The third-order valence-corrected chi connectivity index (χ3v) is 5.80. The smallest absolute Gasteiger partial charge is 0.241 e. The second-order valence-corrected chi connectivity index (χ2v) is 7.46. The molecule has 0 saturated carbocycles. The number of nitrogens with zero attached hydrogens (tertiary/aromatic N) is 1. The van der Waals surface area contributed by atoms with E-state index < -0.39 is 0 Å². The van der Waals surface area contributed by atoms with Gasteiger partial charge in [0.2, 0.25) is 5.91 Å². The summed E-state index contributed by atoms with van der Waals surface area (Å²) in [6, 6.07) is 16.5. The summed E-state index contributed by atoms with van der Waals surface area (Å²) in [5.74, 6) is 0.321. The zero-order valence-corrected chi connectivity index (χ0v) is 16.6. The van der Waals surface area contributed by atoms with E-state index in [1.165, 1.54) is 16.7 Å². The van der Waals surface area contributed by atoms with Crippen molar-refractivity contribution in [2.45, 2.75) is 51.6 Å². The van der Waals surface area contributed by atoms with Crippen molar-refractivity contribution < 1.29 is 4.79 Å². The molecule has 2 aromatic rings. The van der Waals surface area contributed by atoms with Crippen LogP contribution in [0, 0.1) is 0 Å². The van der Waals surface area contributed by atoms with E-state index in [-0.39, 0.29) is 23.9 Å². The number of aryl methyl sites for hydroxylation is 2. The van der Waals surface area contributed by atoms with Crippen molar-refractivity contribution in [1.82, 2.24) is 4.90 Å². The molecule has 3 rings (SSSR count). The van der Waals surface area contributed by atoms with Crippen LogP contribution < -0.4 is 11.1 Å². The Bertz CT molecular complexity index is 752. The molecule has 1 aliphatic rings. The number of rotatable bonds is 6. The first-order valence-corrected chi connectivity index (χ1v) is 10.0. The van der Waals surface area contributed by atoms with Gasteiger partial charge in [0.15, 0.2) is 0 Å². The Kier molecular flexibility index (Phi) is 6.30. The number of benzene rings is 2. The lowest BCUT2D eigenvalue weighted by atomic mass is 9.95. The SMILES string of the molecule is CCc1cccc(CC)c1NC(=O)C(C)N1C[C@@H](N)[C@H](c2ccccc2)C1. The van der Waals surface area contributed by atoms with Crippen LogP contribution in [0.5, 0.6) is 0 Å². The third-order valence-electron chi connectivity index (χ3n) is 5.80. The van der Waals surface area contributed by atoms with E-state index in [9.17, 15) is 4.79 Å². The van der Waals surface area contributed by atoms with Crippen LogP contribution in [0.25, 0.3) is 0 Å². The Hall–Kier alpha value is -2.17. The maximum Gasteiger partial charge on any atom is 0.241 e. The molecule has 1 aliphatic heterocycles. The molecule has 1 saturated heterocycles. The Morgan fingerprint density at radius 1 is 1.07 bits per heavy atom. The van der Waals surface area contributed by atoms with Gasteiger partial charge in [0.25, 0.3) is 0 Å². The molecule has 1 unspecified atom stereocenters. The Morgan fingerprint density at radius 3 is 2.30 bits per heavy atom. The number of likely N-dealkylation sites (tertiary alicyclic amines) is 1. The number of nitrogens with one attached hydrogen (secondary N) is 1. The molecule has 1 fully saturated rings. The quantitative estimate of drug-likeness (QED) is 0.823. The third kappa shape index (κ3) is 4.23. The number of amides is 1. The fourth-order valence-corrected chi connectivity index (χ4v) is 4.03. The topological polar surface area (TPSA) is 58.4 Å². The summed E-state index contributed by atoms with van der Waals surface area (Å²) in [7, 11) is 0. The largest absolute Gasteiger partial charge is 0.326 e. The summed E-state index contributed by atoms with van der Waals surface area (Å²) in [5, 5.41) is 3.21. The van der Waals surface area contributed by atoms with Gasteiger partial charge in [-0.25, -0.2) is 0 Å². The first-order valence-electron chi connectivity index (χ1n) is 10.0. The van der Waals surface area contributed by atoms with Crippen LogP contribution in [-0.4, -0.2) is 36.0 Å². The molecular weight excluding hydrogens is 334 g/mol. The molecule has 27 heavy (non-hydrogen) atoms. The van der Waals surface area contributed by atoms with Gasteiger partial charge in [-0.3, -0.25) is 9.69 Å². The van der Waals surface area contributed by atoms with Crippen molar-refractivity contribution in [2.75, 3.05) is 18.4 Å². The minimum absolute atomic E-state index is 0.0477. The number of anilines is 1. The van der Waals surface area contributed by atoms with E-state index in [1.54, 1.807) is 0 Å². The average molecular weight is 366 g/mol. The second-order valence-electron chi connectivity index (χ2n) is 7.46. The van der Waals surface area contributed by atoms with E-state index in [0.717, 1.165) is 31.6 Å². The molecule has 4 heteroatoms. The zero-order valence-electron chi connectivity index (χ0n) is 16.6. The van der Waals surface area contributed by atoms with Gasteiger partial charge in [0.05, 0.1) is 6.04 Å². The molecule has 3 atom stereocenters. The van der Waals surface area contributed by atoms with Crippen molar-refractivity contribution in [3.8, 4) is 0 Å². The first-order chi connectivity index (χ1) is 13.0. The van der Waals surface area contributed by atoms with Crippen molar-refractivity contribution >= 4 is 11.6 Å². The predicted octanol–water partition coefficient (Wildman–Crippen LogP) is 3.57. The normalized spacial score (nSPS) is 21.2. The summed E-state index contributed by atoms with van der Waals surface area (Å²) >= 11 is 0. The van der Waals surface area contributed by atoms with Gasteiger partial charge < -0.3 is 11.1 Å². The summed E-state index contributed by atoms with van der Waals surface area (Å²) < 4.78 is 0. The number of carbonyl (C=O) groups is 1. The van der Waals surface area contributed by atoms with Crippen molar-refractivity contribution in [2.24, 2.45) is 5.73 Å². The Labute approximate surface area is 162 Å². The van der Waals surface area contributed by atoms with Crippen molar-refractivity contribution in [1.29, 1.82) is 0 Å². The molecule has 0 bridgehead atoms. The molecule has 0 aromatic heterocycles. The van der Waals surface area contributed by atoms with Crippen LogP contribution in [0.15, 0.2) is 48.5 Å². The minimum Gasteiger partial charge on any atom is -0.326 e. The highest BCUT2D eigenvalue weighted by Crippen LogP contribution is 2.28. The fraction of sp³-hybridized carbons (Fsp3) is 0.435. The van der Waals surface area contributed by atoms with Crippen molar-refractivity contribution in [3.05, 3.63) is 65.2 Å². The number of hydrogen-bond donors (Lipinski definition) is 2. The molecule has 0 spiro atoms. The maximum absolute atomic E-state index is 13.0. The number of nitrogens with two attached hydrogens (primary N) is 1. The van der Waals surface area contributed by atoms with Crippen LogP contribution in [0.2, 0.25) is 0 Å². The predicted molar refractivity (Wildman–Crippen MR) is 112 cm³/mol. The van der Waals surface area contributed by atoms with Crippen LogP contribution in [-0.2, 0) is 17.6 Å². The van der Waals surface area contributed by atoms with E-state index in [4.69, 9.17) is 5.73 Å². The van der Waals surface area contributed by atoms with E-state index in [0.29, 0.717) is 0 Å². The fourth-order valence-electron chi connectivity index (χ4n) is 4.03. The highest BCUT2D eigenvalue weighted by atomic mass is 16.2. The average Bonchev–Trinajstić information content (AvgIpc) is 3.09. The van der Waals surface area contributed by atoms with Gasteiger partial charge in [-0.1, -0.05) is 62.4 Å². The molecular formula is C23H31N3O. The number of hydrogen-bond acceptors (Lipinski definition) is 3. The van der Waals surface area contributed by atoms with Crippen molar-refractivity contribution in [3.63, 3.8) is 0 Å². The Morgan fingerprint density at radius 2 is 1.70 bits per heavy atom. The lowest BCUT2D eigenvalue weighted by Crippen LogP contribution is -2.42. The van der Waals surface area contributed by atoms with E-state index in [2.05, 4.69) is 66.5 Å². The van der Waals surface area contributed by atoms with E-state index in [1.807, 2.05) is 13.0 Å². The molecule has 2 aromatic carbocycles. The summed E-state index contributed by atoms with van der Waals surface area (Å²) in [6.07, 6.45) is 1.81.